The zero-order chi connectivity index (χ0) is 14.3. The van der Waals surface area contributed by atoms with Crippen LogP contribution < -0.4 is 0 Å². The van der Waals surface area contributed by atoms with Gasteiger partial charge in [0.2, 0.25) is 6.08 Å². The first-order valence-corrected chi connectivity index (χ1v) is 7.42. The van der Waals surface area contributed by atoms with E-state index in [4.69, 9.17) is 0 Å². The first-order chi connectivity index (χ1) is 10.3. The van der Waals surface area contributed by atoms with Crippen molar-refractivity contribution in [2.75, 3.05) is 0 Å². The maximum Gasteiger partial charge on any atom is 0.235 e. The van der Waals surface area contributed by atoms with Gasteiger partial charge in [-0.05, 0) is 36.6 Å². The van der Waals surface area contributed by atoms with Gasteiger partial charge in [0.05, 0.1) is 5.54 Å². The van der Waals surface area contributed by atoms with Crippen molar-refractivity contribution in [1.29, 1.82) is 0 Å². The van der Waals surface area contributed by atoms with Gasteiger partial charge >= 0.3 is 0 Å². The summed E-state index contributed by atoms with van der Waals surface area (Å²) in [6.07, 6.45) is 5.92. The van der Waals surface area contributed by atoms with Crippen LogP contribution in [0.15, 0.2) is 47.5 Å². The summed E-state index contributed by atoms with van der Waals surface area (Å²) in [5, 5.41) is 2.42. The number of benzene rings is 2. The highest BCUT2D eigenvalue weighted by atomic mass is 16.1. The van der Waals surface area contributed by atoms with Gasteiger partial charge in [0, 0.05) is 21.8 Å². The Morgan fingerprint density at radius 1 is 1.00 bits per heavy atom. The number of H-pyrrole nitrogens is 1. The molecule has 3 aromatic rings. The van der Waals surface area contributed by atoms with Gasteiger partial charge < -0.3 is 4.98 Å². The SMILES string of the molecule is O=C=NC1(c2ccc3[nH]c4ccccc4c3c2)CCCC1. The zero-order valence-electron chi connectivity index (χ0n) is 11.7. The standard InChI is InChI=1S/C18H16N2O/c21-12-19-18(9-3-4-10-18)13-7-8-17-15(11-13)14-5-1-2-6-16(14)20-17/h1-2,5-8,11,20H,3-4,9-10H2. The van der Waals surface area contributed by atoms with Crippen molar-refractivity contribution in [3.63, 3.8) is 0 Å². The Morgan fingerprint density at radius 2 is 1.76 bits per heavy atom. The monoisotopic (exact) mass is 276 g/mol. The van der Waals surface area contributed by atoms with Crippen LogP contribution in [-0.2, 0) is 10.3 Å². The molecular formula is C18H16N2O. The van der Waals surface area contributed by atoms with E-state index in [0.29, 0.717) is 0 Å². The highest BCUT2D eigenvalue weighted by molar-refractivity contribution is 6.07. The predicted octanol–water partition coefficient (Wildman–Crippen LogP) is 4.43. The fraction of sp³-hybridized carbons (Fsp3) is 0.278. The fourth-order valence-corrected chi connectivity index (χ4v) is 3.65. The highest BCUT2D eigenvalue weighted by Gasteiger charge is 2.35. The molecule has 0 spiro atoms. The molecule has 2 aromatic carbocycles. The number of carbonyl (C=O) groups excluding carboxylic acids is 1. The maximum absolute atomic E-state index is 10.9. The first kappa shape index (κ1) is 12.4. The van der Waals surface area contributed by atoms with Crippen LogP contribution in [0.5, 0.6) is 0 Å². The van der Waals surface area contributed by atoms with E-state index in [1.54, 1.807) is 6.08 Å². The van der Waals surface area contributed by atoms with E-state index in [1.807, 2.05) is 6.07 Å². The average Bonchev–Trinajstić information content (AvgIpc) is 3.12. The molecule has 4 rings (SSSR count). The van der Waals surface area contributed by atoms with Crippen molar-refractivity contribution in [3.05, 3.63) is 48.0 Å². The second-order valence-corrected chi connectivity index (χ2v) is 5.87. The largest absolute Gasteiger partial charge is 0.355 e. The van der Waals surface area contributed by atoms with Gasteiger partial charge in [-0.3, -0.25) is 0 Å². The van der Waals surface area contributed by atoms with Gasteiger partial charge in [-0.2, -0.15) is 4.99 Å². The minimum Gasteiger partial charge on any atom is -0.355 e. The smallest absolute Gasteiger partial charge is 0.235 e. The third-order valence-electron chi connectivity index (χ3n) is 4.73. The summed E-state index contributed by atoms with van der Waals surface area (Å²) >= 11 is 0. The summed E-state index contributed by atoms with van der Waals surface area (Å²) in [6.45, 7) is 0. The summed E-state index contributed by atoms with van der Waals surface area (Å²) in [6, 6.07) is 14.7. The van der Waals surface area contributed by atoms with E-state index in [9.17, 15) is 4.79 Å². The number of nitrogens with one attached hydrogen (secondary N) is 1. The number of nitrogens with zero attached hydrogens (tertiary/aromatic N) is 1. The van der Waals surface area contributed by atoms with E-state index in [-0.39, 0.29) is 5.54 Å². The van der Waals surface area contributed by atoms with Crippen molar-refractivity contribution in [2.45, 2.75) is 31.2 Å². The van der Waals surface area contributed by atoms with Gasteiger partial charge in [-0.1, -0.05) is 37.1 Å². The van der Waals surface area contributed by atoms with Crippen molar-refractivity contribution < 1.29 is 4.79 Å². The molecule has 3 nitrogen and oxygen atoms in total. The van der Waals surface area contributed by atoms with E-state index >= 15 is 0 Å². The second-order valence-electron chi connectivity index (χ2n) is 5.87. The molecule has 104 valence electrons. The third kappa shape index (κ3) is 1.82. The van der Waals surface area contributed by atoms with Gasteiger partial charge in [-0.15, -0.1) is 0 Å². The molecule has 1 aliphatic carbocycles. The lowest BCUT2D eigenvalue weighted by molar-refractivity contribution is 0.456. The molecule has 0 saturated heterocycles. The van der Waals surface area contributed by atoms with Gasteiger partial charge in [0.1, 0.15) is 0 Å². The topological polar surface area (TPSA) is 45.2 Å². The Bertz CT molecular complexity index is 865. The number of para-hydroxylation sites is 1. The summed E-state index contributed by atoms with van der Waals surface area (Å²) in [4.78, 5) is 18.5. The molecule has 0 atom stereocenters. The van der Waals surface area contributed by atoms with Crippen LogP contribution in [0.1, 0.15) is 31.2 Å². The molecule has 21 heavy (non-hydrogen) atoms. The average molecular weight is 276 g/mol. The van der Waals surface area contributed by atoms with E-state index in [2.05, 4.69) is 46.4 Å². The molecule has 1 N–H and O–H groups in total. The number of aliphatic imine (C=N–C) groups is 1. The summed E-state index contributed by atoms with van der Waals surface area (Å²) in [5.41, 5.74) is 3.06. The Hall–Kier alpha value is -2.38. The number of aromatic amines is 1. The summed E-state index contributed by atoms with van der Waals surface area (Å²) in [5.74, 6) is 0. The van der Waals surface area contributed by atoms with Crippen LogP contribution in [0, 0.1) is 0 Å². The van der Waals surface area contributed by atoms with E-state index in [0.717, 1.165) is 42.3 Å². The van der Waals surface area contributed by atoms with Crippen LogP contribution in [-0.4, -0.2) is 11.1 Å². The van der Waals surface area contributed by atoms with Crippen molar-refractivity contribution in [2.24, 2.45) is 4.99 Å². The molecule has 0 unspecified atom stereocenters. The molecule has 1 aromatic heterocycles. The van der Waals surface area contributed by atoms with Crippen LogP contribution >= 0.6 is 0 Å². The quantitative estimate of drug-likeness (QED) is 0.546. The number of isocyanates is 1. The normalized spacial score (nSPS) is 17.1. The molecule has 1 saturated carbocycles. The van der Waals surface area contributed by atoms with E-state index < -0.39 is 0 Å². The lowest BCUT2D eigenvalue weighted by Crippen LogP contribution is -2.18. The molecule has 0 aliphatic heterocycles. The highest BCUT2D eigenvalue weighted by Crippen LogP contribution is 2.43. The number of hydrogen-bond donors (Lipinski definition) is 1. The lowest BCUT2D eigenvalue weighted by atomic mass is 9.88. The minimum absolute atomic E-state index is 0.353. The van der Waals surface area contributed by atoms with Gasteiger partial charge in [0.15, 0.2) is 0 Å². The van der Waals surface area contributed by atoms with Crippen molar-refractivity contribution >= 4 is 27.9 Å². The van der Waals surface area contributed by atoms with Gasteiger partial charge in [-0.25, -0.2) is 4.79 Å². The van der Waals surface area contributed by atoms with Crippen LogP contribution in [0.2, 0.25) is 0 Å². The Morgan fingerprint density at radius 3 is 2.57 bits per heavy atom. The van der Waals surface area contributed by atoms with Gasteiger partial charge in [0.25, 0.3) is 0 Å². The molecule has 0 amide bonds. The summed E-state index contributed by atoms with van der Waals surface area (Å²) in [7, 11) is 0. The predicted molar refractivity (Wildman–Crippen MR) is 84.1 cm³/mol. The third-order valence-corrected chi connectivity index (χ3v) is 4.73. The lowest BCUT2D eigenvalue weighted by Gasteiger charge is -2.22. The maximum atomic E-state index is 10.9. The Balaban J connectivity index is 1.97. The number of fused-ring (bicyclic) bond motifs is 3. The second kappa shape index (κ2) is 4.57. The van der Waals surface area contributed by atoms with Crippen LogP contribution in [0.3, 0.4) is 0 Å². The number of hydrogen-bond acceptors (Lipinski definition) is 2. The molecule has 0 bridgehead atoms. The molecule has 3 heteroatoms. The molecule has 1 fully saturated rings. The number of rotatable bonds is 2. The van der Waals surface area contributed by atoms with Crippen molar-refractivity contribution in [1.82, 2.24) is 4.98 Å². The molecule has 1 aliphatic rings. The minimum atomic E-state index is -0.353. The molecule has 0 radical (unpaired) electrons. The summed E-state index contributed by atoms with van der Waals surface area (Å²) < 4.78 is 0. The number of aromatic nitrogens is 1. The van der Waals surface area contributed by atoms with Crippen LogP contribution in [0.4, 0.5) is 0 Å². The molecule has 1 heterocycles. The Labute approximate surface area is 122 Å². The van der Waals surface area contributed by atoms with Crippen LogP contribution in [0.25, 0.3) is 21.8 Å². The zero-order valence-corrected chi connectivity index (χ0v) is 11.7. The first-order valence-electron chi connectivity index (χ1n) is 7.42. The van der Waals surface area contributed by atoms with E-state index in [1.165, 1.54) is 10.8 Å². The van der Waals surface area contributed by atoms with Crippen molar-refractivity contribution in [3.8, 4) is 0 Å². The molecular weight excluding hydrogens is 260 g/mol. The fourth-order valence-electron chi connectivity index (χ4n) is 3.65. The Kier molecular flexibility index (Phi) is 2.69.